The molecular weight excluding hydrogens is 372 g/mol. The largest absolute Gasteiger partial charge is 0.598 e. The summed E-state index contributed by atoms with van der Waals surface area (Å²) in [4.78, 5) is 0. The van der Waals surface area contributed by atoms with Crippen LogP contribution in [0.4, 0.5) is 0 Å². The van der Waals surface area contributed by atoms with Crippen LogP contribution < -0.4 is 4.72 Å². The lowest BCUT2D eigenvalue weighted by Gasteiger charge is -2.28. The minimum Gasteiger partial charge on any atom is -0.598 e. The molecule has 1 heterocycles. The Morgan fingerprint density at radius 1 is 1.35 bits per heavy atom. The van der Waals surface area contributed by atoms with Crippen molar-refractivity contribution in [1.29, 1.82) is 0 Å². The molecule has 0 aliphatic heterocycles. The van der Waals surface area contributed by atoms with Crippen LogP contribution in [-0.4, -0.2) is 13.9 Å². The van der Waals surface area contributed by atoms with E-state index in [1.54, 1.807) is 0 Å². The standard InChI is InChI=1S/C18H25BrN2OS/c1-12(20-23(22)18(2,3)4)16-11-21(14-6-5-7-14)17-10-13(19)8-9-15(16)17/h8-12,14,20H,5-7H2,1-4H3/t12-,23+/m1/s1. The lowest BCUT2D eigenvalue weighted by atomic mass is 9.93. The molecule has 0 amide bonds. The molecule has 1 aliphatic rings. The van der Waals surface area contributed by atoms with Crippen LogP contribution >= 0.6 is 15.9 Å². The van der Waals surface area contributed by atoms with Crippen LogP contribution in [0.15, 0.2) is 28.9 Å². The number of hydrogen-bond donors (Lipinski definition) is 1. The van der Waals surface area contributed by atoms with Gasteiger partial charge < -0.3 is 9.12 Å². The van der Waals surface area contributed by atoms with Crippen molar-refractivity contribution in [2.24, 2.45) is 0 Å². The van der Waals surface area contributed by atoms with Gasteiger partial charge in [-0.3, -0.25) is 0 Å². The fourth-order valence-corrected chi connectivity index (χ4v) is 4.11. The van der Waals surface area contributed by atoms with E-state index in [0.29, 0.717) is 6.04 Å². The smallest absolute Gasteiger partial charge is 0.136 e. The van der Waals surface area contributed by atoms with Gasteiger partial charge in [-0.1, -0.05) is 22.0 Å². The molecule has 0 unspecified atom stereocenters. The zero-order valence-electron chi connectivity index (χ0n) is 14.2. The first kappa shape index (κ1) is 17.3. The van der Waals surface area contributed by atoms with Crippen molar-refractivity contribution >= 4 is 38.2 Å². The van der Waals surface area contributed by atoms with Gasteiger partial charge in [-0.25, -0.2) is 0 Å². The lowest BCUT2D eigenvalue weighted by Crippen LogP contribution is -2.40. The topological polar surface area (TPSA) is 40.0 Å². The van der Waals surface area contributed by atoms with Gasteiger partial charge in [0, 0.05) is 39.0 Å². The highest BCUT2D eigenvalue weighted by Crippen LogP contribution is 2.38. The summed E-state index contributed by atoms with van der Waals surface area (Å²) in [5.74, 6) is 0. The molecule has 0 bridgehead atoms. The molecular formula is C18H25BrN2OS. The summed E-state index contributed by atoms with van der Waals surface area (Å²) in [5, 5.41) is 1.26. The van der Waals surface area contributed by atoms with E-state index in [-0.39, 0.29) is 10.8 Å². The van der Waals surface area contributed by atoms with Crippen LogP contribution in [0.2, 0.25) is 0 Å². The summed E-state index contributed by atoms with van der Waals surface area (Å²) >= 11 is 2.52. The van der Waals surface area contributed by atoms with Crippen LogP contribution in [0.3, 0.4) is 0 Å². The Morgan fingerprint density at radius 2 is 2.04 bits per heavy atom. The van der Waals surface area contributed by atoms with E-state index in [0.717, 1.165) is 4.47 Å². The van der Waals surface area contributed by atoms with Crippen molar-refractivity contribution in [2.45, 2.75) is 63.8 Å². The molecule has 1 fully saturated rings. The number of rotatable bonds is 4. The second-order valence-corrected chi connectivity index (χ2v) is 10.4. The molecule has 23 heavy (non-hydrogen) atoms. The second kappa shape index (κ2) is 6.43. The molecule has 2 atom stereocenters. The quantitative estimate of drug-likeness (QED) is 0.717. The number of fused-ring (bicyclic) bond motifs is 1. The first-order chi connectivity index (χ1) is 10.8. The number of benzene rings is 1. The number of hydrogen-bond acceptors (Lipinski definition) is 2. The minimum absolute atomic E-state index is 0.0556. The van der Waals surface area contributed by atoms with E-state index in [4.69, 9.17) is 0 Å². The van der Waals surface area contributed by atoms with Crippen molar-refractivity contribution in [3.8, 4) is 0 Å². The predicted molar refractivity (Wildman–Crippen MR) is 102 cm³/mol. The van der Waals surface area contributed by atoms with Gasteiger partial charge in [0.1, 0.15) is 4.75 Å². The van der Waals surface area contributed by atoms with Crippen LogP contribution in [-0.2, 0) is 11.4 Å². The van der Waals surface area contributed by atoms with Gasteiger partial charge in [0.25, 0.3) is 0 Å². The Kier molecular flexibility index (Phi) is 4.85. The van der Waals surface area contributed by atoms with Gasteiger partial charge in [-0.2, -0.15) is 0 Å². The zero-order valence-corrected chi connectivity index (χ0v) is 16.6. The molecule has 1 aliphatic carbocycles. The Labute approximate surface area is 150 Å². The first-order valence-electron chi connectivity index (χ1n) is 8.25. The fraction of sp³-hybridized carbons (Fsp3) is 0.556. The summed E-state index contributed by atoms with van der Waals surface area (Å²) in [7, 11) is 0. The van der Waals surface area contributed by atoms with Crippen LogP contribution in [0.1, 0.15) is 64.6 Å². The third kappa shape index (κ3) is 3.48. The van der Waals surface area contributed by atoms with Gasteiger partial charge in [-0.05, 0) is 64.7 Å². The average Bonchev–Trinajstić information content (AvgIpc) is 2.74. The van der Waals surface area contributed by atoms with Gasteiger partial charge in [0.15, 0.2) is 0 Å². The molecule has 1 aromatic carbocycles. The molecule has 0 spiro atoms. The molecule has 1 aromatic heterocycles. The van der Waals surface area contributed by atoms with Crippen LogP contribution in [0.25, 0.3) is 10.9 Å². The third-order valence-corrected chi connectivity index (χ3v) is 6.77. The highest BCUT2D eigenvalue weighted by molar-refractivity contribution is 9.10. The number of nitrogens with one attached hydrogen (secondary N) is 1. The monoisotopic (exact) mass is 396 g/mol. The fourth-order valence-electron chi connectivity index (χ4n) is 2.96. The third-order valence-electron chi connectivity index (χ3n) is 4.60. The molecule has 3 rings (SSSR count). The van der Waals surface area contributed by atoms with E-state index < -0.39 is 11.4 Å². The van der Waals surface area contributed by atoms with E-state index in [2.05, 4.69) is 56.5 Å². The Hall–Kier alpha value is -0.490. The maximum Gasteiger partial charge on any atom is 0.136 e. The highest BCUT2D eigenvalue weighted by atomic mass is 79.9. The van der Waals surface area contributed by atoms with Gasteiger partial charge >= 0.3 is 0 Å². The Bertz CT molecular complexity index is 703. The molecule has 1 N–H and O–H groups in total. The average molecular weight is 397 g/mol. The van der Waals surface area contributed by atoms with E-state index >= 15 is 0 Å². The minimum atomic E-state index is -1.07. The van der Waals surface area contributed by atoms with Crippen molar-refractivity contribution in [3.05, 3.63) is 34.4 Å². The molecule has 2 aromatic rings. The Morgan fingerprint density at radius 3 is 2.61 bits per heavy atom. The number of halogens is 1. The highest BCUT2D eigenvalue weighted by Gasteiger charge is 2.30. The molecule has 1 saturated carbocycles. The molecule has 3 nitrogen and oxygen atoms in total. The van der Waals surface area contributed by atoms with E-state index in [1.165, 1.54) is 35.7 Å². The van der Waals surface area contributed by atoms with Gasteiger partial charge in [-0.15, -0.1) is 4.72 Å². The van der Waals surface area contributed by atoms with Crippen molar-refractivity contribution in [2.75, 3.05) is 0 Å². The van der Waals surface area contributed by atoms with E-state index in [1.807, 2.05) is 20.8 Å². The van der Waals surface area contributed by atoms with Crippen molar-refractivity contribution in [3.63, 3.8) is 0 Å². The predicted octanol–water partition coefficient (Wildman–Crippen LogP) is 5.24. The SMILES string of the molecule is C[C@@H](N[S@@+]([O-])C(C)(C)C)c1cn(C2CCC2)c2cc(Br)ccc12. The maximum absolute atomic E-state index is 12.4. The van der Waals surface area contributed by atoms with E-state index in [9.17, 15) is 4.55 Å². The second-order valence-electron chi connectivity index (χ2n) is 7.46. The summed E-state index contributed by atoms with van der Waals surface area (Å²) in [6, 6.07) is 7.12. The molecule has 126 valence electrons. The summed E-state index contributed by atoms with van der Waals surface area (Å²) in [5.41, 5.74) is 2.51. The van der Waals surface area contributed by atoms with Gasteiger partial charge in [0.05, 0.1) is 6.04 Å². The maximum atomic E-state index is 12.4. The summed E-state index contributed by atoms with van der Waals surface area (Å²) in [6.45, 7) is 8.10. The zero-order chi connectivity index (χ0) is 16.8. The summed E-state index contributed by atoms with van der Waals surface area (Å²) in [6.07, 6.45) is 6.09. The van der Waals surface area contributed by atoms with Crippen LogP contribution in [0.5, 0.6) is 0 Å². The first-order valence-corrected chi connectivity index (χ1v) is 10.2. The summed E-state index contributed by atoms with van der Waals surface area (Å²) < 4.78 is 19.0. The molecule has 5 heteroatoms. The van der Waals surface area contributed by atoms with Crippen molar-refractivity contribution in [1.82, 2.24) is 9.29 Å². The molecule has 0 radical (unpaired) electrons. The Balaban J connectivity index is 1.97. The van der Waals surface area contributed by atoms with Crippen LogP contribution in [0, 0.1) is 0 Å². The molecule has 0 saturated heterocycles. The van der Waals surface area contributed by atoms with Gasteiger partial charge in [0.2, 0.25) is 0 Å². The van der Waals surface area contributed by atoms with Crippen molar-refractivity contribution < 1.29 is 4.55 Å². The number of aromatic nitrogens is 1. The normalized spacial score (nSPS) is 18.9. The lowest BCUT2D eigenvalue weighted by molar-refractivity contribution is 0.321. The number of nitrogens with zero attached hydrogens (tertiary/aromatic N) is 1.